The molecule has 5 rings (SSSR count). The molecule has 6 atom stereocenters. The minimum atomic E-state index is -1.22. The maximum absolute atomic E-state index is 12.7. The molecule has 2 aliphatic heterocycles. The predicted octanol–water partition coefficient (Wildman–Crippen LogP) is 2.33. The summed E-state index contributed by atoms with van der Waals surface area (Å²) in [6, 6.07) is 8.38. The lowest BCUT2D eigenvalue weighted by atomic mass is 10.0. The zero-order valence-corrected chi connectivity index (χ0v) is 19.9. The van der Waals surface area contributed by atoms with Gasteiger partial charge < -0.3 is 48.9 Å². The Labute approximate surface area is 211 Å². The van der Waals surface area contributed by atoms with Gasteiger partial charge in [0.1, 0.15) is 28.6 Å². The quantitative estimate of drug-likeness (QED) is 0.316. The lowest BCUT2D eigenvalue weighted by Crippen LogP contribution is -2.51. The zero-order valence-electron chi connectivity index (χ0n) is 19.9. The first-order valence-corrected chi connectivity index (χ1v) is 12.0. The maximum atomic E-state index is 12.7. The number of phenolic OH excluding ortho intramolecular Hbond substituents is 3. The first-order valence-electron chi connectivity index (χ1n) is 12.0. The monoisotopic (exact) mass is 516 g/mol. The molecule has 2 aliphatic rings. The van der Waals surface area contributed by atoms with Gasteiger partial charge in [0, 0.05) is 30.5 Å². The van der Waals surface area contributed by atoms with Crippen molar-refractivity contribution in [2.24, 2.45) is 0 Å². The Kier molecular flexibility index (Phi) is 6.97. The number of hydrogen-bond acceptors (Lipinski definition) is 11. The Hall–Kier alpha value is -3.35. The van der Waals surface area contributed by atoms with Crippen LogP contribution in [-0.2, 0) is 14.2 Å². The van der Waals surface area contributed by atoms with E-state index in [-0.39, 0.29) is 34.6 Å². The van der Waals surface area contributed by atoms with Gasteiger partial charge in [0.15, 0.2) is 23.2 Å². The molecule has 0 aliphatic carbocycles. The van der Waals surface area contributed by atoms with E-state index in [9.17, 15) is 30.3 Å². The minimum Gasteiger partial charge on any atom is -0.508 e. The molecule has 2 saturated heterocycles. The van der Waals surface area contributed by atoms with Gasteiger partial charge in [0.25, 0.3) is 0 Å². The fraction of sp³-hybridized carbons (Fsp3) is 0.423. The minimum absolute atomic E-state index is 0.0434. The molecule has 1 aromatic heterocycles. The Morgan fingerprint density at radius 3 is 2.49 bits per heavy atom. The Morgan fingerprint density at radius 2 is 1.76 bits per heavy atom. The number of aliphatic hydroxyl groups excluding tert-OH is 2. The maximum Gasteiger partial charge on any atom is 0.226 e. The van der Waals surface area contributed by atoms with Crippen LogP contribution in [-0.4, -0.2) is 69.1 Å². The summed E-state index contributed by atoms with van der Waals surface area (Å²) in [4.78, 5) is 12.7. The summed E-state index contributed by atoms with van der Waals surface area (Å²) < 4.78 is 28.7. The van der Waals surface area contributed by atoms with Crippen LogP contribution in [0.25, 0.3) is 22.3 Å². The number of fused-ring (bicyclic) bond motifs is 1. The molecule has 5 N–H and O–H groups in total. The normalized spacial score (nSPS) is 28.3. The third-order valence-electron chi connectivity index (χ3n) is 6.53. The van der Waals surface area contributed by atoms with Crippen LogP contribution >= 0.6 is 0 Å². The lowest BCUT2D eigenvalue weighted by molar-refractivity contribution is -0.279. The number of ether oxygens (including phenoxy) is 4. The SMILES string of the molecule is C[C@H]1O[C@@H](Oc2cc3oc(-c4ccc(O)cc4)cc(=O)c3c(O)c2O)[C@@H](O)CC1OC1CC(O)CCO1. The van der Waals surface area contributed by atoms with Crippen LogP contribution in [0.5, 0.6) is 23.0 Å². The van der Waals surface area contributed by atoms with Gasteiger partial charge in [0.2, 0.25) is 12.0 Å². The van der Waals surface area contributed by atoms with E-state index in [0.717, 1.165) is 0 Å². The predicted molar refractivity (Wildman–Crippen MR) is 128 cm³/mol. The van der Waals surface area contributed by atoms with Gasteiger partial charge in [-0.05, 0) is 37.6 Å². The second-order valence-corrected chi connectivity index (χ2v) is 9.25. The summed E-state index contributed by atoms with van der Waals surface area (Å²) in [7, 11) is 0. The van der Waals surface area contributed by atoms with Gasteiger partial charge in [-0.15, -0.1) is 0 Å². The van der Waals surface area contributed by atoms with Crippen LogP contribution in [0, 0.1) is 0 Å². The summed E-state index contributed by atoms with van der Waals surface area (Å²) in [5.41, 5.74) is -0.151. The number of hydrogen-bond donors (Lipinski definition) is 5. The molecule has 2 fully saturated rings. The van der Waals surface area contributed by atoms with Crippen LogP contribution in [0.1, 0.15) is 26.2 Å². The van der Waals surface area contributed by atoms with Crippen molar-refractivity contribution < 1.29 is 48.9 Å². The third-order valence-corrected chi connectivity index (χ3v) is 6.53. The van der Waals surface area contributed by atoms with Gasteiger partial charge in [-0.3, -0.25) is 4.79 Å². The molecule has 198 valence electrons. The molecule has 0 amide bonds. The van der Waals surface area contributed by atoms with Crippen molar-refractivity contribution in [2.75, 3.05) is 6.61 Å². The van der Waals surface area contributed by atoms with Crippen LogP contribution in [0.2, 0.25) is 0 Å². The van der Waals surface area contributed by atoms with E-state index in [1.54, 1.807) is 19.1 Å². The first-order chi connectivity index (χ1) is 17.7. The van der Waals surface area contributed by atoms with Gasteiger partial charge in [-0.2, -0.15) is 0 Å². The van der Waals surface area contributed by atoms with Crippen molar-refractivity contribution in [3.63, 3.8) is 0 Å². The first kappa shape index (κ1) is 25.3. The molecule has 0 radical (unpaired) electrons. The smallest absolute Gasteiger partial charge is 0.226 e. The highest BCUT2D eigenvalue weighted by molar-refractivity contribution is 5.89. The molecular weight excluding hydrogens is 488 g/mol. The van der Waals surface area contributed by atoms with Crippen molar-refractivity contribution in [1.29, 1.82) is 0 Å². The molecule has 0 saturated carbocycles. The molecule has 11 heteroatoms. The third kappa shape index (κ3) is 5.22. The lowest BCUT2D eigenvalue weighted by Gasteiger charge is -2.39. The fourth-order valence-electron chi connectivity index (χ4n) is 4.49. The Balaban J connectivity index is 1.37. The van der Waals surface area contributed by atoms with Crippen LogP contribution < -0.4 is 10.2 Å². The van der Waals surface area contributed by atoms with Crippen molar-refractivity contribution in [1.82, 2.24) is 0 Å². The van der Waals surface area contributed by atoms with Gasteiger partial charge in [-0.1, -0.05) is 0 Å². The van der Waals surface area contributed by atoms with E-state index in [0.29, 0.717) is 25.0 Å². The second kappa shape index (κ2) is 10.2. The fourth-order valence-corrected chi connectivity index (χ4v) is 4.49. The number of rotatable bonds is 5. The molecule has 0 bridgehead atoms. The molecule has 3 heterocycles. The van der Waals surface area contributed by atoms with Crippen molar-refractivity contribution in [3.05, 3.63) is 46.6 Å². The van der Waals surface area contributed by atoms with E-state index < -0.39 is 53.9 Å². The van der Waals surface area contributed by atoms with Crippen molar-refractivity contribution in [3.8, 4) is 34.3 Å². The average molecular weight is 516 g/mol. The van der Waals surface area contributed by atoms with Crippen LogP contribution in [0.15, 0.2) is 45.6 Å². The van der Waals surface area contributed by atoms with E-state index >= 15 is 0 Å². The van der Waals surface area contributed by atoms with Gasteiger partial charge in [0.05, 0.1) is 24.9 Å². The van der Waals surface area contributed by atoms with Gasteiger partial charge in [-0.25, -0.2) is 0 Å². The Bertz CT molecular complexity index is 1320. The van der Waals surface area contributed by atoms with E-state index in [4.69, 9.17) is 23.4 Å². The molecule has 2 aromatic carbocycles. The van der Waals surface area contributed by atoms with Gasteiger partial charge >= 0.3 is 0 Å². The number of aliphatic hydroxyl groups is 2. The summed E-state index contributed by atoms with van der Waals surface area (Å²) in [6.45, 7) is 2.10. The zero-order chi connectivity index (χ0) is 26.3. The summed E-state index contributed by atoms with van der Waals surface area (Å²) in [5.74, 6) is -1.48. The van der Waals surface area contributed by atoms with E-state index in [2.05, 4.69) is 0 Å². The highest BCUT2D eigenvalue weighted by Crippen LogP contribution is 2.42. The second-order valence-electron chi connectivity index (χ2n) is 9.25. The molecular formula is C26H28O11. The van der Waals surface area contributed by atoms with E-state index in [1.165, 1.54) is 24.3 Å². The summed E-state index contributed by atoms with van der Waals surface area (Å²) in [5, 5.41) is 50.8. The molecule has 3 aromatic rings. The standard InChI is InChI=1S/C26H28O11/c1-12-18(36-22-8-15(28)6-7-33-22)10-17(30)26(34-12)37-21-11-20-23(25(32)24(21)31)16(29)9-19(35-20)13-2-4-14(27)5-3-13/h2-5,9,11-12,15,17-18,22,26-28,30-32H,6-8,10H2,1H3/t12-,15?,17+,18?,22?,26+/m1/s1. The molecule has 11 nitrogen and oxygen atoms in total. The van der Waals surface area contributed by atoms with Crippen molar-refractivity contribution >= 4 is 11.0 Å². The van der Waals surface area contributed by atoms with Crippen molar-refractivity contribution in [2.45, 2.75) is 63.2 Å². The average Bonchev–Trinajstić information content (AvgIpc) is 2.85. The largest absolute Gasteiger partial charge is 0.508 e. The highest BCUT2D eigenvalue weighted by Gasteiger charge is 2.39. The van der Waals surface area contributed by atoms with Crippen LogP contribution in [0.4, 0.5) is 0 Å². The molecule has 37 heavy (non-hydrogen) atoms. The molecule has 0 spiro atoms. The number of benzene rings is 2. The number of phenols is 3. The van der Waals surface area contributed by atoms with E-state index in [1.807, 2.05) is 0 Å². The topological polar surface area (TPSA) is 168 Å². The summed E-state index contributed by atoms with van der Waals surface area (Å²) >= 11 is 0. The van der Waals surface area contributed by atoms with Crippen LogP contribution in [0.3, 0.4) is 0 Å². The molecule has 3 unspecified atom stereocenters. The highest BCUT2D eigenvalue weighted by atomic mass is 16.7. The Morgan fingerprint density at radius 1 is 1.00 bits per heavy atom. The number of aromatic hydroxyl groups is 3. The summed E-state index contributed by atoms with van der Waals surface area (Å²) in [6.07, 6.45) is -3.60.